The lowest BCUT2D eigenvalue weighted by molar-refractivity contribution is 0.101. The molecule has 0 aliphatic heterocycles. The Morgan fingerprint density at radius 2 is 1.72 bits per heavy atom. The molecule has 0 saturated carbocycles. The highest BCUT2D eigenvalue weighted by atomic mass is 16.1. The van der Waals surface area contributed by atoms with E-state index >= 15 is 0 Å². The number of rotatable bonds is 6. The summed E-state index contributed by atoms with van der Waals surface area (Å²) in [7, 11) is 0. The quantitative estimate of drug-likeness (QED) is 0.646. The van der Waals surface area contributed by atoms with Crippen molar-refractivity contribution in [1.29, 1.82) is 0 Å². The van der Waals surface area contributed by atoms with Gasteiger partial charge in [-0.3, -0.25) is 4.79 Å². The molecule has 0 aliphatic rings. The summed E-state index contributed by atoms with van der Waals surface area (Å²) in [6.07, 6.45) is 1.71. The zero-order chi connectivity index (χ0) is 17.6. The van der Waals surface area contributed by atoms with Gasteiger partial charge in [-0.15, -0.1) is 0 Å². The third-order valence-electron chi connectivity index (χ3n) is 3.87. The molecule has 1 unspecified atom stereocenters. The van der Waals surface area contributed by atoms with Crippen molar-refractivity contribution in [2.45, 2.75) is 19.9 Å². The number of carbonyl (C=O) groups is 1. The van der Waals surface area contributed by atoms with Crippen LogP contribution >= 0.6 is 0 Å². The van der Waals surface area contributed by atoms with Gasteiger partial charge in [0, 0.05) is 23.5 Å². The first-order valence-electron chi connectivity index (χ1n) is 8.14. The van der Waals surface area contributed by atoms with E-state index in [0.29, 0.717) is 11.5 Å². The van der Waals surface area contributed by atoms with Gasteiger partial charge in [0.2, 0.25) is 5.95 Å². The van der Waals surface area contributed by atoms with Crippen molar-refractivity contribution >= 4 is 23.2 Å². The number of benzene rings is 2. The topological polar surface area (TPSA) is 66.9 Å². The van der Waals surface area contributed by atoms with E-state index in [-0.39, 0.29) is 11.8 Å². The second-order valence-electron chi connectivity index (χ2n) is 5.80. The number of Topliss-reactive ketones (excluding diaryl/α,β-unsaturated/α-hetero) is 1. The number of carbonyl (C=O) groups excluding carboxylic acids is 1. The fourth-order valence-corrected chi connectivity index (χ4v) is 2.46. The lowest BCUT2D eigenvalue weighted by Crippen LogP contribution is -2.09. The normalized spacial score (nSPS) is 11.6. The molecule has 2 aromatic carbocycles. The standard InChI is InChI=1S/C20H20N4O/c1-14(16-6-4-3-5-7-16)22-19-12-13-21-20(24-19)23-18-10-8-17(9-11-18)15(2)25/h3-14H,1-2H3,(H2,21,22,23,24). The maximum atomic E-state index is 11.3. The zero-order valence-electron chi connectivity index (χ0n) is 14.2. The van der Waals surface area contributed by atoms with Crippen LogP contribution in [0.15, 0.2) is 66.9 Å². The van der Waals surface area contributed by atoms with Gasteiger partial charge in [-0.05, 0) is 49.7 Å². The number of aromatic nitrogens is 2. The number of nitrogens with zero attached hydrogens (tertiary/aromatic N) is 2. The molecule has 0 spiro atoms. The van der Waals surface area contributed by atoms with E-state index < -0.39 is 0 Å². The summed E-state index contributed by atoms with van der Waals surface area (Å²) >= 11 is 0. The molecular weight excluding hydrogens is 312 g/mol. The summed E-state index contributed by atoms with van der Waals surface area (Å²) in [6.45, 7) is 3.64. The van der Waals surface area contributed by atoms with Crippen molar-refractivity contribution < 1.29 is 4.79 Å². The number of ketones is 1. The van der Waals surface area contributed by atoms with Gasteiger partial charge in [0.05, 0.1) is 0 Å². The van der Waals surface area contributed by atoms with Crippen LogP contribution in [0, 0.1) is 0 Å². The molecule has 3 rings (SSSR count). The Kier molecular flexibility index (Phi) is 5.04. The third kappa shape index (κ3) is 4.41. The first kappa shape index (κ1) is 16.6. The van der Waals surface area contributed by atoms with Gasteiger partial charge in [0.25, 0.3) is 0 Å². The molecule has 1 aromatic heterocycles. The molecule has 1 atom stereocenters. The van der Waals surface area contributed by atoms with Gasteiger partial charge in [0.1, 0.15) is 5.82 Å². The minimum Gasteiger partial charge on any atom is -0.363 e. The van der Waals surface area contributed by atoms with E-state index in [9.17, 15) is 4.79 Å². The third-order valence-corrected chi connectivity index (χ3v) is 3.87. The number of hydrogen-bond acceptors (Lipinski definition) is 5. The van der Waals surface area contributed by atoms with E-state index in [1.807, 2.05) is 36.4 Å². The summed E-state index contributed by atoms with van der Waals surface area (Å²) in [5, 5.41) is 6.52. The molecule has 3 aromatic rings. The highest BCUT2D eigenvalue weighted by molar-refractivity contribution is 5.94. The summed E-state index contributed by atoms with van der Waals surface area (Å²) in [4.78, 5) is 20.1. The van der Waals surface area contributed by atoms with Crippen molar-refractivity contribution in [3.63, 3.8) is 0 Å². The first-order chi connectivity index (χ1) is 12.1. The molecule has 1 heterocycles. The van der Waals surface area contributed by atoms with Crippen molar-refractivity contribution in [3.8, 4) is 0 Å². The van der Waals surface area contributed by atoms with E-state index in [2.05, 4.69) is 39.7 Å². The predicted molar refractivity (Wildman–Crippen MR) is 100 cm³/mol. The summed E-state index contributed by atoms with van der Waals surface area (Å²) in [5.74, 6) is 1.29. The molecule has 0 fully saturated rings. The van der Waals surface area contributed by atoms with Crippen LogP contribution in [0.5, 0.6) is 0 Å². The van der Waals surface area contributed by atoms with Gasteiger partial charge in [-0.2, -0.15) is 4.98 Å². The minimum atomic E-state index is 0.0453. The molecule has 2 N–H and O–H groups in total. The van der Waals surface area contributed by atoms with E-state index in [1.54, 1.807) is 25.3 Å². The number of nitrogens with one attached hydrogen (secondary N) is 2. The fraction of sp³-hybridized carbons (Fsp3) is 0.150. The largest absolute Gasteiger partial charge is 0.363 e. The van der Waals surface area contributed by atoms with E-state index in [4.69, 9.17) is 0 Å². The van der Waals surface area contributed by atoms with Crippen LogP contribution in [-0.4, -0.2) is 15.8 Å². The average Bonchev–Trinajstić information content (AvgIpc) is 2.63. The second-order valence-corrected chi connectivity index (χ2v) is 5.80. The molecule has 0 saturated heterocycles. The Hall–Kier alpha value is -3.21. The molecule has 0 amide bonds. The fourth-order valence-electron chi connectivity index (χ4n) is 2.46. The van der Waals surface area contributed by atoms with Crippen LogP contribution in [0.3, 0.4) is 0 Å². The Balaban J connectivity index is 1.70. The molecule has 0 aliphatic carbocycles. The van der Waals surface area contributed by atoms with Gasteiger partial charge in [-0.1, -0.05) is 30.3 Å². The summed E-state index contributed by atoms with van der Waals surface area (Å²) < 4.78 is 0. The molecule has 0 bridgehead atoms. The van der Waals surface area contributed by atoms with Gasteiger partial charge < -0.3 is 10.6 Å². The Morgan fingerprint density at radius 3 is 2.40 bits per heavy atom. The summed E-state index contributed by atoms with van der Waals surface area (Å²) in [5.41, 5.74) is 2.70. The van der Waals surface area contributed by atoms with Crippen LogP contribution in [0.1, 0.15) is 35.8 Å². The highest BCUT2D eigenvalue weighted by Crippen LogP contribution is 2.19. The molecule has 25 heavy (non-hydrogen) atoms. The van der Waals surface area contributed by atoms with Crippen LogP contribution in [0.4, 0.5) is 17.5 Å². The molecule has 126 valence electrons. The Morgan fingerprint density at radius 1 is 1.00 bits per heavy atom. The van der Waals surface area contributed by atoms with Crippen molar-refractivity contribution in [1.82, 2.24) is 9.97 Å². The Bertz CT molecular complexity index is 847. The van der Waals surface area contributed by atoms with Gasteiger partial charge in [0.15, 0.2) is 5.78 Å². The SMILES string of the molecule is CC(=O)c1ccc(Nc2nccc(NC(C)c3ccccc3)n2)cc1. The van der Waals surface area contributed by atoms with Crippen molar-refractivity contribution in [3.05, 3.63) is 78.0 Å². The van der Waals surface area contributed by atoms with Crippen LogP contribution in [0.25, 0.3) is 0 Å². The maximum Gasteiger partial charge on any atom is 0.229 e. The Labute approximate surface area is 147 Å². The highest BCUT2D eigenvalue weighted by Gasteiger charge is 2.07. The van der Waals surface area contributed by atoms with Crippen LogP contribution in [0.2, 0.25) is 0 Å². The van der Waals surface area contributed by atoms with Crippen molar-refractivity contribution in [2.75, 3.05) is 10.6 Å². The van der Waals surface area contributed by atoms with Crippen LogP contribution in [-0.2, 0) is 0 Å². The molecule has 5 heteroatoms. The van der Waals surface area contributed by atoms with Crippen molar-refractivity contribution in [2.24, 2.45) is 0 Å². The van der Waals surface area contributed by atoms with E-state index in [0.717, 1.165) is 11.5 Å². The maximum absolute atomic E-state index is 11.3. The molecule has 0 radical (unpaired) electrons. The average molecular weight is 332 g/mol. The first-order valence-corrected chi connectivity index (χ1v) is 8.14. The van der Waals surface area contributed by atoms with Gasteiger partial charge in [-0.25, -0.2) is 4.98 Å². The zero-order valence-corrected chi connectivity index (χ0v) is 14.2. The monoisotopic (exact) mass is 332 g/mol. The predicted octanol–water partition coefficient (Wildman–Crippen LogP) is 4.60. The molecular formula is C20H20N4O. The molecule has 5 nitrogen and oxygen atoms in total. The van der Waals surface area contributed by atoms with Crippen LogP contribution < -0.4 is 10.6 Å². The number of anilines is 3. The number of hydrogen-bond donors (Lipinski definition) is 2. The smallest absolute Gasteiger partial charge is 0.229 e. The second kappa shape index (κ2) is 7.57. The van der Waals surface area contributed by atoms with Gasteiger partial charge >= 0.3 is 0 Å². The lowest BCUT2D eigenvalue weighted by atomic mass is 10.1. The lowest BCUT2D eigenvalue weighted by Gasteiger charge is -2.15. The minimum absolute atomic E-state index is 0.0453. The van der Waals surface area contributed by atoms with E-state index in [1.165, 1.54) is 5.56 Å². The summed E-state index contributed by atoms with van der Waals surface area (Å²) in [6, 6.07) is 19.4.